The molecule has 0 fully saturated rings. The molecule has 0 saturated carbocycles. The molecule has 136 valence electrons. The number of nitrogens with two attached hydrogens (primary N) is 1. The number of aryl methyl sites for hydroxylation is 1. The number of nitrogens with one attached hydrogen (secondary N) is 1. The summed E-state index contributed by atoms with van der Waals surface area (Å²) in [6.07, 6.45) is 7.51. The molecule has 4 rings (SSSR count). The van der Waals surface area contributed by atoms with Crippen LogP contribution in [-0.2, 0) is 16.4 Å². The molecular formula is C18H20N4O2S2. The van der Waals surface area contributed by atoms with E-state index in [4.69, 9.17) is 5.14 Å². The monoisotopic (exact) mass is 388 g/mol. The van der Waals surface area contributed by atoms with Crippen molar-refractivity contribution in [2.24, 2.45) is 5.14 Å². The molecule has 0 aliphatic carbocycles. The Labute approximate surface area is 156 Å². The molecule has 1 aliphatic rings. The van der Waals surface area contributed by atoms with Gasteiger partial charge in [0.2, 0.25) is 10.0 Å². The number of hydrogen-bond donors (Lipinski definition) is 2. The molecule has 0 spiro atoms. The number of aromatic nitrogens is 2. The van der Waals surface area contributed by atoms with Gasteiger partial charge in [0.05, 0.1) is 6.20 Å². The van der Waals surface area contributed by atoms with E-state index in [0.29, 0.717) is 11.7 Å². The van der Waals surface area contributed by atoms with Gasteiger partial charge in [0, 0.05) is 35.8 Å². The Morgan fingerprint density at radius 2 is 2.23 bits per heavy atom. The second kappa shape index (κ2) is 6.53. The summed E-state index contributed by atoms with van der Waals surface area (Å²) in [6.45, 7) is 3.66. The minimum Gasteiger partial charge on any atom is -0.360 e. The van der Waals surface area contributed by atoms with Crippen molar-refractivity contribution in [3.63, 3.8) is 0 Å². The van der Waals surface area contributed by atoms with E-state index in [-0.39, 0.29) is 4.21 Å². The van der Waals surface area contributed by atoms with Crippen molar-refractivity contribution in [3.05, 3.63) is 47.8 Å². The van der Waals surface area contributed by atoms with Crippen LogP contribution < -0.4 is 10.0 Å². The highest BCUT2D eigenvalue weighted by Crippen LogP contribution is 2.33. The number of H-pyrrole nitrogens is 1. The van der Waals surface area contributed by atoms with Crippen LogP contribution in [0, 0.1) is 0 Å². The molecule has 0 saturated heterocycles. The molecule has 3 N–H and O–H groups in total. The molecule has 0 radical (unpaired) electrons. The Morgan fingerprint density at radius 1 is 1.38 bits per heavy atom. The first-order chi connectivity index (χ1) is 12.5. The van der Waals surface area contributed by atoms with Gasteiger partial charge >= 0.3 is 0 Å². The zero-order valence-corrected chi connectivity index (χ0v) is 16.0. The molecule has 0 atom stereocenters. The Hall–Kier alpha value is -2.16. The Balaban J connectivity index is 1.60. The van der Waals surface area contributed by atoms with Gasteiger partial charge in [0.1, 0.15) is 0 Å². The molecule has 1 aromatic carbocycles. The lowest BCUT2D eigenvalue weighted by Crippen LogP contribution is -2.27. The van der Waals surface area contributed by atoms with Crippen LogP contribution in [0.2, 0.25) is 0 Å². The number of rotatable bonds is 4. The molecule has 8 heteroatoms. The molecule has 0 amide bonds. The summed E-state index contributed by atoms with van der Waals surface area (Å²) >= 11 is 1.12. The van der Waals surface area contributed by atoms with Gasteiger partial charge in [0.25, 0.3) is 0 Å². The highest BCUT2D eigenvalue weighted by Gasteiger charge is 2.20. The number of para-hydroxylation sites is 1. The lowest BCUT2D eigenvalue weighted by atomic mass is 9.98. The predicted molar refractivity (Wildman–Crippen MR) is 106 cm³/mol. The third-order valence-electron chi connectivity index (χ3n) is 4.76. The van der Waals surface area contributed by atoms with E-state index < -0.39 is 10.0 Å². The summed E-state index contributed by atoms with van der Waals surface area (Å²) in [5, 5.41) is 7.12. The van der Waals surface area contributed by atoms with Gasteiger partial charge in [-0.05, 0) is 24.0 Å². The number of aromatic amines is 1. The van der Waals surface area contributed by atoms with E-state index in [1.807, 2.05) is 0 Å². The summed E-state index contributed by atoms with van der Waals surface area (Å²) in [7, 11) is -3.69. The zero-order chi connectivity index (χ0) is 18.3. The van der Waals surface area contributed by atoms with E-state index in [9.17, 15) is 8.42 Å². The van der Waals surface area contributed by atoms with Gasteiger partial charge in [0.15, 0.2) is 9.34 Å². The maximum atomic E-state index is 11.4. The molecule has 2 aromatic heterocycles. The minimum atomic E-state index is -3.69. The van der Waals surface area contributed by atoms with Crippen LogP contribution in [0.15, 0.2) is 40.9 Å². The largest absolute Gasteiger partial charge is 0.360 e. The second-order valence-electron chi connectivity index (χ2n) is 6.33. The number of fused-ring (bicyclic) bond motifs is 1. The first-order valence-electron chi connectivity index (χ1n) is 8.49. The lowest BCUT2D eigenvalue weighted by Gasteiger charge is -2.25. The summed E-state index contributed by atoms with van der Waals surface area (Å²) in [6, 6.07) is 6.43. The van der Waals surface area contributed by atoms with Gasteiger partial charge in [-0.3, -0.25) is 0 Å². The fraction of sp³-hybridized carbons (Fsp3) is 0.278. The first-order valence-corrected chi connectivity index (χ1v) is 10.9. The van der Waals surface area contributed by atoms with E-state index in [2.05, 4.69) is 52.3 Å². The van der Waals surface area contributed by atoms with Crippen molar-refractivity contribution < 1.29 is 8.42 Å². The number of benzene rings is 1. The van der Waals surface area contributed by atoms with Gasteiger partial charge in [-0.15, -0.1) is 0 Å². The normalized spacial score (nSPS) is 15.5. The van der Waals surface area contributed by atoms with Crippen molar-refractivity contribution in [3.8, 4) is 0 Å². The van der Waals surface area contributed by atoms with Gasteiger partial charge < -0.3 is 9.88 Å². The third-order valence-corrected chi connectivity index (χ3v) is 7.23. The van der Waals surface area contributed by atoms with E-state index >= 15 is 0 Å². The van der Waals surface area contributed by atoms with Crippen LogP contribution in [0.5, 0.6) is 0 Å². The van der Waals surface area contributed by atoms with Crippen molar-refractivity contribution in [2.75, 3.05) is 18.0 Å². The standard InChI is InChI=1S/C18H20N4O2S2/c1-2-12-4-3-5-14-15(10-20-17(12)14)13-6-8-22(9-7-13)18-21-11-16(25-18)26(19,23)24/h3-6,10-11,20H,2,7-9H2,1H3,(H2,19,23,24). The smallest absolute Gasteiger partial charge is 0.249 e. The summed E-state index contributed by atoms with van der Waals surface area (Å²) in [4.78, 5) is 9.72. The number of primary sulfonamides is 1. The van der Waals surface area contributed by atoms with Crippen LogP contribution in [0.1, 0.15) is 24.5 Å². The van der Waals surface area contributed by atoms with Gasteiger partial charge in [-0.1, -0.05) is 42.5 Å². The Kier molecular flexibility index (Phi) is 4.34. The molecule has 3 aromatic rings. The fourth-order valence-electron chi connectivity index (χ4n) is 3.39. The van der Waals surface area contributed by atoms with Crippen molar-refractivity contribution >= 4 is 43.0 Å². The van der Waals surface area contributed by atoms with Crippen LogP contribution in [0.3, 0.4) is 0 Å². The molecule has 0 unspecified atom stereocenters. The predicted octanol–water partition coefficient (Wildman–Crippen LogP) is 3.13. The van der Waals surface area contributed by atoms with E-state index in [1.54, 1.807) is 0 Å². The van der Waals surface area contributed by atoms with Crippen LogP contribution in [0.25, 0.3) is 16.5 Å². The maximum Gasteiger partial charge on any atom is 0.249 e. The summed E-state index contributed by atoms with van der Waals surface area (Å²) in [5.74, 6) is 0. The molecule has 3 heterocycles. The molecule has 1 aliphatic heterocycles. The molecule has 0 bridgehead atoms. The average Bonchev–Trinajstić information content (AvgIpc) is 3.28. The topological polar surface area (TPSA) is 92.1 Å². The van der Waals surface area contributed by atoms with Crippen molar-refractivity contribution in [1.29, 1.82) is 0 Å². The number of hydrogen-bond acceptors (Lipinski definition) is 5. The Morgan fingerprint density at radius 3 is 2.88 bits per heavy atom. The highest BCUT2D eigenvalue weighted by atomic mass is 32.2. The summed E-state index contributed by atoms with van der Waals surface area (Å²) in [5.41, 5.74) is 5.10. The molecule has 6 nitrogen and oxygen atoms in total. The number of sulfonamides is 1. The number of anilines is 1. The van der Waals surface area contributed by atoms with E-state index in [0.717, 1.165) is 30.7 Å². The summed E-state index contributed by atoms with van der Waals surface area (Å²) < 4.78 is 23.0. The van der Waals surface area contributed by atoms with Gasteiger partial charge in [-0.25, -0.2) is 18.5 Å². The van der Waals surface area contributed by atoms with Crippen LogP contribution >= 0.6 is 11.3 Å². The first kappa shape index (κ1) is 17.3. The molecule has 26 heavy (non-hydrogen) atoms. The number of nitrogens with zero attached hydrogens (tertiary/aromatic N) is 2. The lowest BCUT2D eigenvalue weighted by molar-refractivity contribution is 0.599. The van der Waals surface area contributed by atoms with Crippen molar-refractivity contribution in [1.82, 2.24) is 9.97 Å². The third kappa shape index (κ3) is 3.04. The zero-order valence-electron chi connectivity index (χ0n) is 14.4. The minimum absolute atomic E-state index is 0.103. The van der Waals surface area contributed by atoms with E-state index in [1.165, 1.54) is 33.8 Å². The van der Waals surface area contributed by atoms with Gasteiger partial charge in [-0.2, -0.15) is 0 Å². The quantitative estimate of drug-likeness (QED) is 0.718. The molecular weight excluding hydrogens is 368 g/mol. The number of thiazole rings is 1. The average molecular weight is 389 g/mol. The highest BCUT2D eigenvalue weighted by molar-refractivity contribution is 7.91. The maximum absolute atomic E-state index is 11.4. The van der Waals surface area contributed by atoms with Crippen molar-refractivity contribution in [2.45, 2.75) is 24.0 Å². The fourth-order valence-corrected chi connectivity index (χ4v) is 4.97. The Bertz CT molecular complexity index is 1100. The SMILES string of the molecule is CCc1cccc2c(C3=CCN(c4ncc(S(N)(=O)=O)s4)CC3)c[nH]c12. The van der Waals surface area contributed by atoms with Crippen LogP contribution in [0.4, 0.5) is 5.13 Å². The van der Waals surface area contributed by atoms with Crippen LogP contribution in [-0.4, -0.2) is 31.5 Å². The second-order valence-corrected chi connectivity index (χ2v) is 9.13.